The Morgan fingerprint density at radius 1 is 0.690 bits per heavy atom. The van der Waals surface area contributed by atoms with Crippen molar-refractivity contribution in [1.29, 1.82) is 0 Å². The number of hydrogen-bond donors (Lipinski definition) is 4. The molecule has 6 N–H and O–H groups in total. The highest BCUT2D eigenvalue weighted by Gasteiger charge is 2.09. The third-order valence-corrected chi connectivity index (χ3v) is 6.51. The van der Waals surface area contributed by atoms with E-state index < -0.39 is 20.0 Å². The number of rotatable bonds is 8. The van der Waals surface area contributed by atoms with Crippen molar-refractivity contribution in [3.05, 3.63) is 59.7 Å². The number of hydrogen-bond acceptors (Lipinski definition) is 9. The molecule has 0 atom stereocenters. The van der Waals surface area contributed by atoms with Crippen LogP contribution in [-0.2, 0) is 33.1 Å². The number of nitrogens with one attached hydrogen (secondary N) is 2. The highest BCUT2D eigenvalue weighted by Crippen LogP contribution is 2.21. The zero-order chi connectivity index (χ0) is 21.1. The smallest absolute Gasteiger partial charge is 0.238 e. The van der Waals surface area contributed by atoms with E-state index in [0.717, 1.165) is 11.1 Å². The van der Waals surface area contributed by atoms with E-state index in [9.17, 15) is 16.8 Å². The van der Waals surface area contributed by atoms with Gasteiger partial charge in [0, 0.05) is 13.1 Å². The van der Waals surface area contributed by atoms with Crippen LogP contribution in [0.5, 0.6) is 0 Å². The van der Waals surface area contributed by atoms with Crippen molar-refractivity contribution in [3.63, 3.8) is 0 Å². The summed E-state index contributed by atoms with van der Waals surface area (Å²) in [6.07, 6.45) is 0. The van der Waals surface area contributed by atoms with Gasteiger partial charge >= 0.3 is 0 Å². The molecule has 0 saturated heterocycles. The first-order chi connectivity index (χ1) is 13.6. The van der Waals surface area contributed by atoms with Gasteiger partial charge in [-0.1, -0.05) is 35.6 Å². The second-order valence-electron chi connectivity index (χ2n) is 6.00. The Balaban J connectivity index is 1.53. The predicted octanol–water partition coefficient (Wildman–Crippen LogP) is 1.06. The predicted molar refractivity (Wildman–Crippen MR) is 110 cm³/mol. The van der Waals surface area contributed by atoms with Crippen molar-refractivity contribution in [2.75, 3.05) is 10.6 Å². The lowest BCUT2D eigenvalue weighted by atomic mass is 10.2. The topological polar surface area (TPSA) is 170 Å². The van der Waals surface area contributed by atoms with E-state index in [1.165, 1.54) is 35.6 Å². The van der Waals surface area contributed by atoms with Gasteiger partial charge in [0.15, 0.2) is 0 Å². The van der Waals surface area contributed by atoms with Crippen molar-refractivity contribution in [1.82, 2.24) is 10.2 Å². The van der Waals surface area contributed by atoms with E-state index in [1.807, 2.05) is 0 Å². The zero-order valence-corrected chi connectivity index (χ0v) is 17.4. The summed E-state index contributed by atoms with van der Waals surface area (Å²) in [7, 11) is -7.41. The Kier molecular flexibility index (Phi) is 6.14. The summed E-state index contributed by atoms with van der Waals surface area (Å²) in [5.41, 5.74) is 1.72. The van der Waals surface area contributed by atoms with Gasteiger partial charge in [0.05, 0.1) is 9.79 Å². The molecule has 2 aromatic carbocycles. The van der Waals surface area contributed by atoms with Crippen molar-refractivity contribution in [2.24, 2.45) is 10.3 Å². The van der Waals surface area contributed by atoms with Crippen LogP contribution in [0.2, 0.25) is 0 Å². The van der Waals surface area contributed by atoms with E-state index in [2.05, 4.69) is 20.8 Å². The molecule has 3 aromatic rings. The lowest BCUT2D eigenvalue weighted by Gasteiger charge is -2.04. The third-order valence-electron chi connectivity index (χ3n) is 3.82. The van der Waals surface area contributed by atoms with Gasteiger partial charge in [-0.3, -0.25) is 0 Å². The van der Waals surface area contributed by atoms with E-state index >= 15 is 0 Å². The molecule has 0 saturated carbocycles. The van der Waals surface area contributed by atoms with Crippen LogP contribution in [0.15, 0.2) is 58.3 Å². The van der Waals surface area contributed by atoms with Crippen LogP contribution >= 0.6 is 11.3 Å². The van der Waals surface area contributed by atoms with Crippen molar-refractivity contribution < 1.29 is 16.8 Å². The first-order valence-corrected chi connectivity index (χ1v) is 12.1. The second-order valence-corrected chi connectivity index (χ2v) is 10.1. The molecule has 0 aliphatic rings. The molecular weight excluding hydrogens is 436 g/mol. The van der Waals surface area contributed by atoms with E-state index in [0.29, 0.717) is 23.4 Å². The summed E-state index contributed by atoms with van der Waals surface area (Å²) >= 11 is 1.31. The van der Waals surface area contributed by atoms with Gasteiger partial charge in [0.2, 0.25) is 30.3 Å². The third kappa shape index (κ3) is 5.95. The average Bonchev–Trinajstić information content (AvgIpc) is 3.12. The van der Waals surface area contributed by atoms with Gasteiger partial charge in [-0.15, -0.1) is 10.2 Å². The molecule has 0 unspecified atom stereocenters. The number of nitrogens with zero attached hydrogens (tertiary/aromatic N) is 2. The number of benzene rings is 2. The minimum absolute atomic E-state index is 0.0562. The molecule has 1 heterocycles. The molecule has 0 aliphatic carbocycles. The van der Waals surface area contributed by atoms with Crippen molar-refractivity contribution in [3.8, 4) is 0 Å². The lowest BCUT2D eigenvalue weighted by molar-refractivity contribution is 0.596. The first-order valence-electron chi connectivity index (χ1n) is 8.16. The first kappa shape index (κ1) is 21.1. The molecule has 1 aromatic heterocycles. The Labute approximate surface area is 172 Å². The fourth-order valence-electron chi connectivity index (χ4n) is 2.32. The van der Waals surface area contributed by atoms with Gasteiger partial charge < -0.3 is 10.6 Å². The van der Waals surface area contributed by atoms with Crippen LogP contribution in [0.3, 0.4) is 0 Å². The molecule has 154 valence electrons. The standard InChI is InChI=1S/C16H18N6O4S3/c17-28(23,24)13-5-1-11(2-6-13)9-19-15-21-22-16(27-15)20-10-12-3-7-14(8-4-12)29(18,25)26/h1-8H,9-10H2,(H,19,21)(H,20,22)(H2,17,23,24)(H2,18,25,26). The van der Waals surface area contributed by atoms with Gasteiger partial charge in [0.25, 0.3) is 0 Å². The Bertz CT molecular complexity index is 1100. The number of nitrogens with two attached hydrogens (primary N) is 2. The number of sulfonamides is 2. The molecule has 29 heavy (non-hydrogen) atoms. The number of anilines is 2. The van der Waals surface area contributed by atoms with Gasteiger partial charge in [-0.2, -0.15) is 0 Å². The van der Waals surface area contributed by atoms with Crippen LogP contribution in [0, 0.1) is 0 Å². The SMILES string of the molecule is NS(=O)(=O)c1ccc(CNc2nnc(NCc3ccc(S(N)(=O)=O)cc3)s2)cc1. The van der Waals surface area contributed by atoms with Crippen LogP contribution in [-0.4, -0.2) is 27.0 Å². The molecule has 10 nitrogen and oxygen atoms in total. The largest absolute Gasteiger partial charge is 0.356 e. The number of primary sulfonamides is 2. The van der Waals surface area contributed by atoms with Gasteiger partial charge in [0.1, 0.15) is 0 Å². The molecule has 0 spiro atoms. The minimum atomic E-state index is -3.71. The van der Waals surface area contributed by atoms with Crippen LogP contribution in [0.4, 0.5) is 10.3 Å². The molecule has 0 amide bonds. The van der Waals surface area contributed by atoms with Gasteiger partial charge in [-0.05, 0) is 35.4 Å². The molecule has 0 radical (unpaired) electrons. The zero-order valence-electron chi connectivity index (χ0n) is 14.9. The minimum Gasteiger partial charge on any atom is -0.356 e. The average molecular weight is 455 g/mol. The van der Waals surface area contributed by atoms with E-state index in [4.69, 9.17) is 10.3 Å². The summed E-state index contributed by atoms with van der Waals surface area (Å²) in [4.78, 5) is 0.112. The fourth-order valence-corrected chi connectivity index (χ4v) is 3.98. The summed E-state index contributed by atoms with van der Waals surface area (Å²) in [5.74, 6) is 0. The maximum absolute atomic E-state index is 11.3. The maximum atomic E-state index is 11.3. The van der Waals surface area contributed by atoms with E-state index in [1.54, 1.807) is 24.3 Å². The highest BCUT2D eigenvalue weighted by atomic mass is 32.2. The second kappa shape index (κ2) is 8.42. The van der Waals surface area contributed by atoms with Gasteiger partial charge in [-0.25, -0.2) is 27.1 Å². The van der Waals surface area contributed by atoms with Crippen molar-refractivity contribution in [2.45, 2.75) is 22.9 Å². The van der Waals surface area contributed by atoms with Crippen LogP contribution in [0.25, 0.3) is 0 Å². The molecular formula is C16H18N6O4S3. The maximum Gasteiger partial charge on any atom is 0.238 e. The normalized spacial score (nSPS) is 11.9. The molecule has 0 fully saturated rings. The Morgan fingerprint density at radius 3 is 1.34 bits per heavy atom. The molecule has 3 rings (SSSR count). The van der Waals surface area contributed by atoms with Crippen molar-refractivity contribution >= 4 is 41.6 Å². The Hall–Kier alpha value is -2.58. The molecule has 0 aliphatic heterocycles. The monoisotopic (exact) mass is 454 g/mol. The highest BCUT2D eigenvalue weighted by molar-refractivity contribution is 7.89. The summed E-state index contributed by atoms with van der Waals surface area (Å²) in [6.45, 7) is 0.878. The van der Waals surface area contributed by atoms with Crippen LogP contribution in [0.1, 0.15) is 11.1 Å². The summed E-state index contributed by atoms with van der Waals surface area (Å²) < 4.78 is 45.0. The molecule has 0 bridgehead atoms. The summed E-state index contributed by atoms with van der Waals surface area (Å²) in [5, 5.41) is 25.6. The summed E-state index contributed by atoms with van der Waals surface area (Å²) in [6, 6.07) is 12.4. The quantitative estimate of drug-likeness (QED) is 0.391. The lowest BCUT2D eigenvalue weighted by Crippen LogP contribution is -2.12. The molecule has 13 heteroatoms. The Morgan fingerprint density at radius 2 is 1.03 bits per heavy atom. The van der Waals surface area contributed by atoms with E-state index in [-0.39, 0.29) is 9.79 Å². The van der Waals surface area contributed by atoms with Crippen LogP contribution < -0.4 is 20.9 Å². The number of aromatic nitrogens is 2. The fraction of sp³-hybridized carbons (Fsp3) is 0.125.